The molecule has 148 valence electrons. The number of hydrogen-bond acceptors (Lipinski definition) is 1. The summed E-state index contributed by atoms with van der Waals surface area (Å²) in [6, 6.07) is 19.5. The summed E-state index contributed by atoms with van der Waals surface area (Å²) in [4.78, 5) is 10.1. The van der Waals surface area contributed by atoms with Gasteiger partial charge in [0.15, 0.2) is 0 Å². The van der Waals surface area contributed by atoms with Gasteiger partial charge in [0.2, 0.25) is 0 Å². The van der Waals surface area contributed by atoms with Gasteiger partial charge in [-0.15, -0.1) is 0 Å². The van der Waals surface area contributed by atoms with Crippen molar-refractivity contribution in [3.63, 3.8) is 0 Å². The Kier molecular flexibility index (Phi) is 11.6. The first-order valence-corrected chi connectivity index (χ1v) is 15.7. The summed E-state index contributed by atoms with van der Waals surface area (Å²) < 4.78 is 0. The molecule has 0 saturated heterocycles. The van der Waals surface area contributed by atoms with Gasteiger partial charge in [-0.1, -0.05) is 95.3 Å². The predicted octanol–water partition coefficient (Wildman–Crippen LogP) is 6.35. The van der Waals surface area contributed by atoms with E-state index in [0.29, 0.717) is 0 Å². The first-order chi connectivity index (χ1) is 12.8. The van der Waals surface area contributed by atoms with Crippen molar-refractivity contribution in [3.05, 3.63) is 88.5 Å². The van der Waals surface area contributed by atoms with Crippen LogP contribution in [0, 0.1) is 34.6 Å². The van der Waals surface area contributed by atoms with Crippen LogP contribution in [0.5, 0.6) is 0 Å². The molecule has 0 saturated carbocycles. The van der Waals surface area contributed by atoms with E-state index in [2.05, 4.69) is 34.6 Å². The molecule has 0 fully saturated rings. The Bertz CT molecular complexity index is 684. The molecule has 0 spiro atoms. The van der Waals surface area contributed by atoms with Gasteiger partial charge < -0.3 is 4.89 Å². The molecule has 5 heteroatoms. The third kappa shape index (κ3) is 7.39. The van der Waals surface area contributed by atoms with Gasteiger partial charge in [-0.25, -0.2) is 0 Å². The maximum atomic E-state index is 10.1. The molecule has 0 amide bonds. The summed E-state index contributed by atoms with van der Waals surface area (Å²) in [5, 5.41) is 1.99. The fraction of sp³-hybridized carbons (Fsp3) is 0.227. The average molecular weight is 601 g/mol. The summed E-state index contributed by atoms with van der Waals surface area (Å²) in [6.45, 7) is 11.0. The first-order valence-electron chi connectivity index (χ1n) is 8.47. The number of benzene rings is 2. The molecule has 0 unspecified atom stereocenters. The Balaban J connectivity index is 0.000000246. The molecule has 0 aliphatic carbocycles. The van der Waals surface area contributed by atoms with Crippen LogP contribution >= 0.6 is 27.3 Å². The molecule has 0 radical (unpaired) electrons. The van der Waals surface area contributed by atoms with Crippen LogP contribution in [0.4, 0.5) is 0 Å². The topological polar surface area (TPSA) is 20.2 Å². The Morgan fingerprint density at radius 3 is 1.26 bits per heavy atom. The quantitative estimate of drug-likeness (QED) is 0.269. The van der Waals surface area contributed by atoms with Crippen molar-refractivity contribution in [1.29, 1.82) is 0 Å². The minimum atomic E-state index is -1.17. The van der Waals surface area contributed by atoms with E-state index in [0.717, 1.165) is 10.6 Å². The van der Waals surface area contributed by atoms with Gasteiger partial charge in [0.1, 0.15) is 0 Å². The zero-order chi connectivity index (χ0) is 20.4. The molecule has 0 aromatic heterocycles. The van der Waals surface area contributed by atoms with Gasteiger partial charge in [0.05, 0.1) is 8.15 Å². The zero-order valence-electron chi connectivity index (χ0n) is 16.3. The molecule has 27 heavy (non-hydrogen) atoms. The summed E-state index contributed by atoms with van der Waals surface area (Å²) in [5.74, 6) is 0. The van der Waals surface area contributed by atoms with E-state index in [9.17, 15) is 4.89 Å². The summed E-state index contributed by atoms with van der Waals surface area (Å²) in [5.41, 5.74) is 7.34. The van der Waals surface area contributed by atoms with E-state index in [1.54, 1.807) is 0 Å². The second-order valence-electron chi connectivity index (χ2n) is 6.16. The number of hydrogen-bond donors (Lipinski definition) is 1. The summed E-state index contributed by atoms with van der Waals surface area (Å²) >= 11 is -0.556. The van der Waals surface area contributed by atoms with Gasteiger partial charge in [-0.3, -0.25) is 0 Å². The van der Waals surface area contributed by atoms with Crippen LogP contribution in [-0.2, 0) is 15.7 Å². The van der Waals surface area contributed by atoms with E-state index >= 15 is 0 Å². The Hall–Kier alpha value is -0.591. The number of halogens is 2. The van der Waals surface area contributed by atoms with Gasteiger partial charge in [-0.2, -0.15) is 27.8 Å². The van der Waals surface area contributed by atoms with Crippen LogP contribution in [0.25, 0.3) is 0 Å². The van der Waals surface area contributed by atoms with Crippen LogP contribution in [0.2, 0.25) is 0 Å². The van der Waals surface area contributed by atoms with Crippen LogP contribution in [0.3, 0.4) is 0 Å². The first kappa shape index (κ1) is 24.4. The van der Waals surface area contributed by atoms with E-state index < -0.39 is 23.8 Å². The Morgan fingerprint density at radius 1 is 0.741 bits per heavy atom. The zero-order valence-corrected chi connectivity index (χ0v) is 21.1. The second kappa shape index (κ2) is 12.8. The summed E-state index contributed by atoms with van der Waals surface area (Å²) in [6.07, 6.45) is 0. The van der Waals surface area contributed by atoms with Crippen LogP contribution in [0.15, 0.2) is 60.7 Å². The van der Waals surface area contributed by atoms with E-state index in [-0.39, 0.29) is 0 Å². The maximum absolute atomic E-state index is 10.1. The monoisotopic (exact) mass is 600 g/mol. The molecular weight excluding hydrogens is 574 g/mol. The fourth-order valence-corrected chi connectivity index (χ4v) is 3.90. The Morgan fingerprint density at radius 2 is 1.04 bits per heavy atom. The molecule has 1 nitrogen and oxygen atoms in total. The van der Waals surface area contributed by atoms with Crippen molar-refractivity contribution < 1.29 is 20.6 Å². The second-order valence-corrected chi connectivity index (χ2v) is 11.3. The Labute approximate surface area is 180 Å². The molecule has 3 aromatic rings. The minimum absolute atomic E-state index is 0.556. The van der Waals surface area contributed by atoms with Gasteiger partial charge in [-0.05, 0) is 0 Å². The van der Waals surface area contributed by atoms with Gasteiger partial charge in [0, 0.05) is 10.6 Å². The van der Waals surface area contributed by atoms with Crippen LogP contribution in [-0.4, -0.2) is 4.89 Å². The van der Waals surface area contributed by atoms with E-state index in [4.69, 9.17) is 19.2 Å². The van der Waals surface area contributed by atoms with E-state index in [1.807, 2.05) is 60.7 Å². The normalized spacial score (nSPS) is 10.1. The summed E-state index contributed by atoms with van der Waals surface area (Å²) in [7, 11) is 8.61. The van der Waals surface area contributed by atoms with Crippen molar-refractivity contribution in [2.75, 3.05) is 0 Å². The molecule has 0 heterocycles. The van der Waals surface area contributed by atoms with Crippen molar-refractivity contribution in [1.82, 2.24) is 0 Å². The molecular formula is C22H26Cl2IrOP. The third-order valence-electron chi connectivity index (χ3n) is 4.81. The van der Waals surface area contributed by atoms with Gasteiger partial charge >= 0.3 is 34.8 Å². The SMILES string of the molecule is Cc1c(C)c(C)[c-](C)c1C.OP(c1ccccc1)c1ccccc1.[Cl][Ir+][Cl]. The molecule has 0 atom stereocenters. The number of rotatable bonds is 2. The van der Waals surface area contributed by atoms with Crippen molar-refractivity contribution in [2.45, 2.75) is 34.6 Å². The molecule has 0 aliphatic rings. The van der Waals surface area contributed by atoms with Crippen LogP contribution in [0.1, 0.15) is 27.8 Å². The fourth-order valence-electron chi connectivity index (χ4n) is 2.69. The van der Waals surface area contributed by atoms with Gasteiger partial charge in [0.25, 0.3) is 0 Å². The van der Waals surface area contributed by atoms with E-state index in [1.165, 1.54) is 27.8 Å². The van der Waals surface area contributed by atoms with Crippen molar-refractivity contribution in [3.8, 4) is 0 Å². The van der Waals surface area contributed by atoms with Crippen molar-refractivity contribution in [2.24, 2.45) is 0 Å². The molecule has 1 N–H and O–H groups in total. The third-order valence-corrected chi connectivity index (χ3v) is 6.39. The standard InChI is InChI=1S/C12H11OP.C10H15.2ClH.Ir/c13-14(11-7-3-1-4-8-11)12-9-5-2-6-10-12;1-6-7(2)9(4)10(5)8(6)3;;;/h1-10,13H;1-5H3;2*1H;/q;-1;;;+3/p-2. The van der Waals surface area contributed by atoms with Crippen LogP contribution < -0.4 is 10.6 Å². The molecule has 0 aliphatic heterocycles. The predicted molar refractivity (Wildman–Crippen MR) is 119 cm³/mol. The molecule has 3 aromatic carbocycles. The molecule has 3 rings (SSSR count). The average Bonchev–Trinajstić information content (AvgIpc) is 2.87. The molecule has 0 bridgehead atoms. The van der Waals surface area contributed by atoms with Crippen molar-refractivity contribution >= 4 is 37.9 Å².